The Balaban J connectivity index is 1.79. The second-order valence-electron chi connectivity index (χ2n) is 7.68. The summed E-state index contributed by atoms with van der Waals surface area (Å²) in [5.74, 6) is -2.40. The quantitative estimate of drug-likeness (QED) is 0.570. The highest BCUT2D eigenvalue weighted by Crippen LogP contribution is 2.39. The van der Waals surface area contributed by atoms with Crippen LogP contribution in [0.3, 0.4) is 0 Å². The van der Waals surface area contributed by atoms with Gasteiger partial charge in [0.15, 0.2) is 0 Å². The fraction of sp³-hybridized carbons (Fsp3) is 0.524. The van der Waals surface area contributed by atoms with Crippen LogP contribution < -0.4 is 0 Å². The van der Waals surface area contributed by atoms with Crippen LogP contribution in [-0.2, 0) is 23.9 Å². The highest BCUT2D eigenvalue weighted by molar-refractivity contribution is 6.07. The number of likely N-dealkylation sites (tertiary alicyclic amines) is 1. The lowest BCUT2D eigenvalue weighted by molar-refractivity contribution is -0.167. The zero-order valence-electron chi connectivity index (χ0n) is 16.5. The molecule has 3 unspecified atom stereocenters. The largest absolute Gasteiger partial charge is 0.446 e. The maximum Gasteiger partial charge on any atom is 0.330 e. The molecular weight excluding hydrogens is 360 g/mol. The minimum Gasteiger partial charge on any atom is -0.446 e. The van der Waals surface area contributed by atoms with Crippen LogP contribution >= 0.6 is 0 Å². The van der Waals surface area contributed by atoms with E-state index in [0.717, 1.165) is 17.7 Å². The van der Waals surface area contributed by atoms with Crippen molar-refractivity contribution in [2.24, 2.45) is 11.8 Å². The number of hydrogen-bond acceptors (Lipinski definition) is 5. The first-order valence-electron chi connectivity index (χ1n) is 9.66. The third kappa shape index (κ3) is 3.66. The third-order valence-corrected chi connectivity index (χ3v) is 5.61. The van der Waals surface area contributed by atoms with Gasteiger partial charge < -0.3 is 9.64 Å². The van der Waals surface area contributed by atoms with E-state index in [4.69, 9.17) is 4.74 Å². The smallest absolute Gasteiger partial charge is 0.330 e. The van der Waals surface area contributed by atoms with Crippen molar-refractivity contribution < 1.29 is 23.9 Å². The number of imide groups is 1. The van der Waals surface area contributed by atoms with Gasteiger partial charge in [0.2, 0.25) is 17.9 Å². The molecule has 7 nitrogen and oxygen atoms in total. The van der Waals surface area contributed by atoms with Gasteiger partial charge in [-0.25, -0.2) is 4.79 Å². The van der Waals surface area contributed by atoms with Crippen LogP contribution in [0.15, 0.2) is 30.3 Å². The van der Waals surface area contributed by atoms with E-state index < -0.39 is 18.1 Å². The van der Waals surface area contributed by atoms with Crippen molar-refractivity contribution in [2.75, 3.05) is 14.1 Å². The predicted octanol–water partition coefficient (Wildman–Crippen LogP) is 1.92. The van der Waals surface area contributed by atoms with Gasteiger partial charge in [-0.1, -0.05) is 43.2 Å². The molecule has 0 bridgehead atoms. The Labute approximate surface area is 164 Å². The van der Waals surface area contributed by atoms with E-state index in [1.165, 1.54) is 11.8 Å². The van der Waals surface area contributed by atoms with Gasteiger partial charge in [0.25, 0.3) is 5.91 Å². The van der Waals surface area contributed by atoms with Gasteiger partial charge in [-0.3, -0.25) is 19.3 Å². The van der Waals surface area contributed by atoms with Gasteiger partial charge in [0.1, 0.15) is 6.04 Å². The fourth-order valence-electron chi connectivity index (χ4n) is 4.01. The molecule has 2 fully saturated rings. The number of fused-ring (bicyclic) bond motifs is 1. The van der Waals surface area contributed by atoms with E-state index in [0.29, 0.717) is 18.4 Å². The number of nitrogens with zero attached hydrogens (tertiary/aromatic N) is 2. The predicted molar refractivity (Wildman–Crippen MR) is 101 cm³/mol. The highest BCUT2D eigenvalue weighted by Gasteiger charge is 2.51. The van der Waals surface area contributed by atoms with Crippen molar-refractivity contribution in [3.63, 3.8) is 0 Å². The second kappa shape index (κ2) is 8.12. The lowest BCUT2D eigenvalue weighted by Gasteiger charge is -2.26. The first kappa shape index (κ1) is 20.0. The van der Waals surface area contributed by atoms with Gasteiger partial charge >= 0.3 is 5.97 Å². The van der Waals surface area contributed by atoms with Crippen molar-refractivity contribution in [1.82, 2.24) is 9.80 Å². The van der Waals surface area contributed by atoms with Crippen LogP contribution in [0.4, 0.5) is 0 Å². The number of hydrogen-bond donors (Lipinski definition) is 0. The minimum atomic E-state index is -1.12. The van der Waals surface area contributed by atoms with Crippen molar-refractivity contribution in [2.45, 2.75) is 44.8 Å². The van der Waals surface area contributed by atoms with Gasteiger partial charge in [-0.15, -0.1) is 0 Å². The van der Waals surface area contributed by atoms with Gasteiger partial charge in [-0.05, 0) is 19.8 Å². The summed E-state index contributed by atoms with van der Waals surface area (Å²) in [5.41, 5.74) is 0.537. The maximum atomic E-state index is 12.8. The average molecular weight is 386 g/mol. The molecule has 1 aromatic rings. The molecule has 3 amide bonds. The van der Waals surface area contributed by atoms with Crippen LogP contribution in [-0.4, -0.2) is 53.6 Å². The summed E-state index contributed by atoms with van der Waals surface area (Å²) in [6.45, 7) is 1.48. The summed E-state index contributed by atoms with van der Waals surface area (Å²) >= 11 is 0. The topological polar surface area (TPSA) is 84.0 Å². The first-order valence-corrected chi connectivity index (χ1v) is 9.66. The molecule has 1 saturated carbocycles. The number of rotatable bonds is 5. The normalized spacial score (nSPS) is 23.8. The molecule has 7 heteroatoms. The number of amides is 3. The summed E-state index contributed by atoms with van der Waals surface area (Å²) in [6, 6.07) is 7.64. The zero-order chi connectivity index (χ0) is 20.4. The molecule has 3 rings (SSSR count). The Kier molecular flexibility index (Phi) is 5.82. The lowest BCUT2D eigenvalue weighted by atomic mass is 9.81. The van der Waals surface area contributed by atoms with Crippen LogP contribution in [0, 0.1) is 11.8 Å². The monoisotopic (exact) mass is 386 g/mol. The number of likely N-dealkylation sites (N-methyl/N-ethyl adjacent to an activating group) is 1. The number of carbonyl (C=O) groups excluding carboxylic acids is 4. The summed E-state index contributed by atoms with van der Waals surface area (Å²) < 4.78 is 5.51. The maximum absolute atomic E-state index is 12.8. The Morgan fingerprint density at radius 2 is 1.57 bits per heavy atom. The molecule has 28 heavy (non-hydrogen) atoms. The van der Waals surface area contributed by atoms with E-state index >= 15 is 0 Å². The second-order valence-corrected chi connectivity index (χ2v) is 7.68. The summed E-state index contributed by atoms with van der Waals surface area (Å²) in [6.07, 6.45) is 2.07. The van der Waals surface area contributed by atoms with E-state index in [9.17, 15) is 19.2 Å². The first-order chi connectivity index (χ1) is 13.3. The molecule has 0 aromatic heterocycles. The average Bonchev–Trinajstić information content (AvgIpc) is 2.96. The Morgan fingerprint density at radius 3 is 2.07 bits per heavy atom. The van der Waals surface area contributed by atoms with Gasteiger partial charge in [0.05, 0.1) is 11.8 Å². The molecule has 1 aliphatic carbocycles. The van der Waals surface area contributed by atoms with Crippen LogP contribution in [0.2, 0.25) is 0 Å². The van der Waals surface area contributed by atoms with E-state index in [2.05, 4.69) is 0 Å². The number of esters is 1. The summed E-state index contributed by atoms with van der Waals surface area (Å²) in [7, 11) is 3.15. The van der Waals surface area contributed by atoms with E-state index in [1.54, 1.807) is 44.4 Å². The number of benzene rings is 1. The van der Waals surface area contributed by atoms with Crippen molar-refractivity contribution in [3.05, 3.63) is 35.9 Å². The van der Waals surface area contributed by atoms with Gasteiger partial charge in [0, 0.05) is 19.7 Å². The molecule has 0 radical (unpaired) electrons. The highest BCUT2D eigenvalue weighted by atomic mass is 16.6. The SMILES string of the molecule is C[C@@H](C(=O)OC(C(=O)N(C)C)c1ccccc1)N1C(=O)C2CCCCC2C1=O. The molecule has 1 aromatic carbocycles. The third-order valence-electron chi connectivity index (χ3n) is 5.61. The summed E-state index contributed by atoms with van der Waals surface area (Å²) in [5, 5.41) is 0. The van der Waals surface area contributed by atoms with E-state index in [1.807, 2.05) is 0 Å². The Hall–Kier alpha value is -2.70. The zero-order valence-corrected chi connectivity index (χ0v) is 16.5. The molecule has 1 saturated heterocycles. The number of ether oxygens (including phenoxy) is 1. The molecule has 2 aliphatic rings. The van der Waals surface area contributed by atoms with Crippen molar-refractivity contribution >= 4 is 23.7 Å². The lowest BCUT2D eigenvalue weighted by Crippen LogP contribution is -2.45. The van der Waals surface area contributed by atoms with Crippen molar-refractivity contribution in [1.29, 1.82) is 0 Å². The van der Waals surface area contributed by atoms with Crippen molar-refractivity contribution in [3.8, 4) is 0 Å². The van der Waals surface area contributed by atoms with Gasteiger partial charge in [-0.2, -0.15) is 0 Å². The molecular formula is C21H26N2O5. The molecule has 150 valence electrons. The Morgan fingerprint density at radius 1 is 1.04 bits per heavy atom. The Bertz CT molecular complexity index is 752. The van der Waals surface area contributed by atoms with Crippen LogP contribution in [0.25, 0.3) is 0 Å². The molecule has 1 aliphatic heterocycles. The fourth-order valence-corrected chi connectivity index (χ4v) is 4.01. The standard InChI is InChI=1S/C21H26N2O5/c1-13(23-18(24)15-11-7-8-12-16(15)19(23)25)21(27)28-17(20(26)22(2)3)14-9-5-4-6-10-14/h4-6,9-10,13,15-17H,7-8,11-12H2,1-3H3/t13-,15?,16?,17?/m0/s1. The molecule has 1 heterocycles. The summed E-state index contributed by atoms with van der Waals surface area (Å²) in [4.78, 5) is 53.2. The van der Waals surface area contributed by atoms with Crippen LogP contribution in [0.1, 0.15) is 44.3 Å². The molecule has 4 atom stereocenters. The molecule has 0 spiro atoms. The molecule has 0 N–H and O–H groups in total. The number of carbonyl (C=O) groups is 4. The minimum absolute atomic E-state index is 0.297. The van der Waals surface area contributed by atoms with E-state index in [-0.39, 0.29) is 29.6 Å². The van der Waals surface area contributed by atoms with Crippen LogP contribution in [0.5, 0.6) is 0 Å².